The van der Waals surface area contributed by atoms with Crippen LogP contribution in [0.1, 0.15) is 54.9 Å². The molecule has 0 spiro atoms. The number of amides is 1. The zero-order valence-electron chi connectivity index (χ0n) is 18.0. The summed E-state index contributed by atoms with van der Waals surface area (Å²) in [6.07, 6.45) is 4.11. The summed E-state index contributed by atoms with van der Waals surface area (Å²) in [4.78, 5) is 15.2. The molecule has 0 radical (unpaired) electrons. The second kappa shape index (κ2) is 10.4. The Morgan fingerprint density at radius 1 is 1.07 bits per heavy atom. The van der Waals surface area contributed by atoms with E-state index < -0.39 is 6.10 Å². The number of nitrogens with zero attached hydrogens (tertiary/aromatic N) is 1. The highest BCUT2D eigenvalue weighted by atomic mass is 16.5. The van der Waals surface area contributed by atoms with Gasteiger partial charge in [0.25, 0.3) is 5.91 Å². The Kier molecular flexibility index (Phi) is 7.70. The largest absolute Gasteiger partial charge is 0.480 e. The normalized spacial score (nSPS) is 15.7. The molecular formula is C25H34N2O2. The summed E-state index contributed by atoms with van der Waals surface area (Å²) in [5.74, 6) is 0.718. The molecule has 3 rings (SSSR count). The minimum absolute atomic E-state index is 0.0612. The van der Waals surface area contributed by atoms with Crippen molar-refractivity contribution in [3.63, 3.8) is 0 Å². The molecule has 0 aromatic heterocycles. The van der Waals surface area contributed by atoms with Crippen LogP contribution in [0.3, 0.4) is 0 Å². The predicted molar refractivity (Wildman–Crippen MR) is 118 cm³/mol. The van der Waals surface area contributed by atoms with Gasteiger partial charge in [0.2, 0.25) is 0 Å². The first-order valence-corrected chi connectivity index (χ1v) is 10.9. The maximum absolute atomic E-state index is 12.7. The van der Waals surface area contributed by atoms with Gasteiger partial charge in [0, 0.05) is 13.1 Å². The van der Waals surface area contributed by atoms with E-state index >= 15 is 0 Å². The molecule has 0 saturated carbocycles. The van der Waals surface area contributed by atoms with Crippen LogP contribution >= 0.6 is 0 Å². The first-order valence-electron chi connectivity index (χ1n) is 10.9. The van der Waals surface area contributed by atoms with Crippen LogP contribution in [0.4, 0.5) is 0 Å². The van der Waals surface area contributed by atoms with Crippen LogP contribution in [-0.2, 0) is 17.9 Å². The number of carbonyl (C=O) groups excluding carboxylic acids is 1. The Balaban J connectivity index is 1.55. The highest BCUT2D eigenvalue weighted by Gasteiger charge is 2.19. The van der Waals surface area contributed by atoms with E-state index in [1.165, 1.54) is 43.5 Å². The molecular weight excluding hydrogens is 360 g/mol. The number of rotatable bonds is 8. The molecule has 29 heavy (non-hydrogen) atoms. The van der Waals surface area contributed by atoms with Gasteiger partial charge in [-0.05, 0) is 69.0 Å². The molecule has 1 fully saturated rings. The topological polar surface area (TPSA) is 41.6 Å². The van der Waals surface area contributed by atoms with Gasteiger partial charge >= 0.3 is 0 Å². The molecule has 0 aliphatic carbocycles. The first-order chi connectivity index (χ1) is 14.0. The maximum Gasteiger partial charge on any atom is 0.261 e. The SMILES string of the molecule is CCC(Oc1ccc(C)cc1C)C(=O)NCc1cccc(CN2CCCCC2)c1. The number of ether oxygens (including phenoxy) is 1. The van der Waals surface area contributed by atoms with E-state index in [9.17, 15) is 4.79 Å². The number of benzene rings is 2. The summed E-state index contributed by atoms with van der Waals surface area (Å²) in [6, 6.07) is 14.6. The van der Waals surface area contributed by atoms with Crippen molar-refractivity contribution in [3.8, 4) is 5.75 Å². The fraction of sp³-hybridized carbons (Fsp3) is 0.480. The molecule has 156 valence electrons. The highest BCUT2D eigenvalue weighted by molar-refractivity contribution is 5.81. The Morgan fingerprint density at radius 2 is 1.83 bits per heavy atom. The summed E-state index contributed by atoms with van der Waals surface area (Å²) in [7, 11) is 0. The van der Waals surface area contributed by atoms with Crippen molar-refractivity contribution in [1.29, 1.82) is 0 Å². The van der Waals surface area contributed by atoms with Crippen LogP contribution in [0.2, 0.25) is 0 Å². The molecule has 0 bridgehead atoms. The molecule has 1 aliphatic rings. The lowest BCUT2D eigenvalue weighted by Gasteiger charge is -2.26. The number of hydrogen-bond acceptors (Lipinski definition) is 3. The maximum atomic E-state index is 12.7. The number of hydrogen-bond donors (Lipinski definition) is 1. The minimum atomic E-state index is -0.479. The fourth-order valence-electron chi connectivity index (χ4n) is 3.92. The van der Waals surface area contributed by atoms with Gasteiger partial charge < -0.3 is 10.1 Å². The van der Waals surface area contributed by atoms with Crippen molar-refractivity contribution < 1.29 is 9.53 Å². The van der Waals surface area contributed by atoms with Crippen molar-refractivity contribution in [2.24, 2.45) is 0 Å². The lowest BCUT2D eigenvalue weighted by atomic mass is 10.1. The van der Waals surface area contributed by atoms with Gasteiger partial charge in [-0.3, -0.25) is 9.69 Å². The predicted octanol–water partition coefficient (Wildman–Crippen LogP) is 4.76. The van der Waals surface area contributed by atoms with Crippen molar-refractivity contribution >= 4 is 5.91 Å². The molecule has 2 aromatic rings. The standard InChI is InChI=1S/C25H34N2O2/c1-4-23(29-24-12-11-19(2)15-20(24)3)25(28)26-17-21-9-8-10-22(16-21)18-27-13-6-5-7-14-27/h8-12,15-16,23H,4-7,13-14,17-18H2,1-3H3,(H,26,28). The smallest absolute Gasteiger partial charge is 0.261 e. The molecule has 1 unspecified atom stereocenters. The van der Waals surface area contributed by atoms with Crippen LogP contribution in [0.15, 0.2) is 42.5 Å². The zero-order chi connectivity index (χ0) is 20.6. The fourth-order valence-corrected chi connectivity index (χ4v) is 3.92. The Labute approximate surface area is 175 Å². The average molecular weight is 395 g/mol. The third kappa shape index (κ3) is 6.33. The van der Waals surface area contributed by atoms with E-state index in [1.807, 2.05) is 26.0 Å². The molecule has 1 aliphatic heterocycles. The monoisotopic (exact) mass is 394 g/mol. The molecule has 2 aromatic carbocycles. The third-order valence-corrected chi connectivity index (χ3v) is 5.58. The van der Waals surface area contributed by atoms with Gasteiger partial charge in [0.15, 0.2) is 6.10 Å². The minimum Gasteiger partial charge on any atom is -0.480 e. The van der Waals surface area contributed by atoms with Crippen LogP contribution in [0.5, 0.6) is 5.75 Å². The molecule has 1 saturated heterocycles. The highest BCUT2D eigenvalue weighted by Crippen LogP contribution is 2.21. The first kappa shape index (κ1) is 21.4. The van der Waals surface area contributed by atoms with Gasteiger partial charge in [-0.1, -0.05) is 55.3 Å². The second-order valence-corrected chi connectivity index (χ2v) is 8.16. The number of piperidine rings is 1. The molecule has 1 atom stereocenters. The van der Waals surface area contributed by atoms with Gasteiger partial charge in [0.05, 0.1) is 0 Å². The summed E-state index contributed by atoms with van der Waals surface area (Å²) in [5, 5.41) is 3.05. The van der Waals surface area contributed by atoms with E-state index in [-0.39, 0.29) is 5.91 Å². The lowest BCUT2D eigenvalue weighted by molar-refractivity contribution is -0.128. The second-order valence-electron chi connectivity index (χ2n) is 8.16. The number of aryl methyl sites for hydroxylation is 2. The van der Waals surface area contributed by atoms with E-state index in [2.05, 4.69) is 47.5 Å². The van der Waals surface area contributed by atoms with Crippen LogP contribution in [-0.4, -0.2) is 30.0 Å². The van der Waals surface area contributed by atoms with E-state index in [0.29, 0.717) is 13.0 Å². The lowest BCUT2D eigenvalue weighted by Crippen LogP contribution is -2.37. The van der Waals surface area contributed by atoms with Gasteiger partial charge in [-0.15, -0.1) is 0 Å². The number of nitrogens with one attached hydrogen (secondary N) is 1. The van der Waals surface area contributed by atoms with Gasteiger partial charge in [0.1, 0.15) is 5.75 Å². The summed E-state index contributed by atoms with van der Waals surface area (Å²) < 4.78 is 6.01. The van der Waals surface area contributed by atoms with Crippen molar-refractivity contribution in [2.75, 3.05) is 13.1 Å². The molecule has 1 heterocycles. The van der Waals surface area contributed by atoms with E-state index in [4.69, 9.17) is 4.74 Å². The molecule has 4 nitrogen and oxygen atoms in total. The van der Waals surface area contributed by atoms with Crippen molar-refractivity contribution in [2.45, 2.75) is 65.6 Å². The number of carbonyl (C=O) groups is 1. The van der Waals surface area contributed by atoms with Crippen LogP contribution in [0.25, 0.3) is 0 Å². The van der Waals surface area contributed by atoms with Gasteiger partial charge in [-0.2, -0.15) is 0 Å². The van der Waals surface area contributed by atoms with Crippen LogP contribution < -0.4 is 10.1 Å². The van der Waals surface area contributed by atoms with Crippen LogP contribution in [0, 0.1) is 13.8 Å². The Hall–Kier alpha value is -2.33. The zero-order valence-corrected chi connectivity index (χ0v) is 18.0. The Morgan fingerprint density at radius 3 is 2.55 bits per heavy atom. The summed E-state index contributed by atoms with van der Waals surface area (Å²) in [5.41, 5.74) is 4.70. The van der Waals surface area contributed by atoms with Crippen molar-refractivity contribution in [3.05, 3.63) is 64.7 Å². The number of likely N-dealkylation sites (tertiary alicyclic amines) is 1. The van der Waals surface area contributed by atoms with Crippen molar-refractivity contribution in [1.82, 2.24) is 10.2 Å². The van der Waals surface area contributed by atoms with E-state index in [0.717, 1.165) is 23.4 Å². The quantitative estimate of drug-likeness (QED) is 0.702. The third-order valence-electron chi connectivity index (χ3n) is 5.58. The van der Waals surface area contributed by atoms with Gasteiger partial charge in [-0.25, -0.2) is 0 Å². The molecule has 1 amide bonds. The molecule has 4 heteroatoms. The average Bonchev–Trinajstić information content (AvgIpc) is 2.72. The Bertz CT molecular complexity index is 812. The van der Waals surface area contributed by atoms with E-state index in [1.54, 1.807) is 0 Å². The summed E-state index contributed by atoms with van der Waals surface area (Å²) in [6.45, 7) is 9.95. The molecule has 1 N–H and O–H groups in total. The summed E-state index contributed by atoms with van der Waals surface area (Å²) >= 11 is 0.